The summed E-state index contributed by atoms with van der Waals surface area (Å²) in [4.78, 5) is 12.7. The lowest BCUT2D eigenvalue weighted by Gasteiger charge is -2.22. The van der Waals surface area contributed by atoms with E-state index in [2.05, 4.69) is 14.8 Å². The standard InChI is InChI=1S/C21H23F3N2O6S/c1-13(2)19(20(27)25-14-4-6-15(7-5-14)32-21(22,23)24)26-33(28,29)16-8-9-17-18(12-16)31-11-3-10-30-17/h4-9,12-13,19,26H,3,10-11H2,1-2H3,(H,25,27). The van der Waals surface area contributed by atoms with E-state index in [1.165, 1.54) is 30.3 Å². The van der Waals surface area contributed by atoms with Gasteiger partial charge in [-0.3, -0.25) is 4.79 Å². The first-order valence-electron chi connectivity index (χ1n) is 10.0. The number of benzene rings is 2. The topological polar surface area (TPSA) is 103 Å². The molecule has 2 aromatic rings. The Morgan fingerprint density at radius 1 is 1.03 bits per heavy atom. The van der Waals surface area contributed by atoms with Gasteiger partial charge < -0.3 is 19.5 Å². The minimum absolute atomic E-state index is 0.0983. The number of ether oxygens (including phenoxy) is 3. The first-order chi connectivity index (χ1) is 15.4. The van der Waals surface area contributed by atoms with E-state index in [1.54, 1.807) is 13.8 Å². The molecule has 2 N–H and O–H groups in total. The van der Waals surface area contributed by atoms with Crippen LogP contribution in [0.2, 0.25) is 0 Å². The second kappa shape index (κ2) is 9.87. The maximum atomic E-state index is 12.9. The first-order valence-corrected chi connectivity index (χ1v) is 11.5. The molecule has 0 saturated carbocycles. The minimum Gasteiger partial charge on any atom is -0.490 e. The molecule has 0 bridgehead atoms. The van der Waals surface area contributed by atoms with Gasteiger partial charge in [0.25, 0.3) is 0 Å². The highest BCUT2D eigenvalue weighted by atomic mass is 32.2. The molecule has 8 nitrogen and oxygen atoms in total. The van der Waals surface area contributed by atoms with Crippen LogP contribution in [0.5, 0.6) is 17.2 Å². The van der Waals surface area contributed by atoms with Crippen LogP contribution in [0.1, 0.15) is 20.3 Å². The van der Waals surface area contributed by atoms with E-state index < -0.39 is 40.0 Å². The number of halogens is 3. The van der Waals surface area contributed by atoms with Crippen molar-refractivity contribution in [3.05, 3.63) is 42.5 Å². The number of carbonyl (C=O) groups is 1. The van der Waals surface area contributed by atoms with Crippen LogP contribution in [0, 0.1) is 5.92 Å². The van der Waals surface area contributed by atoms with Gasteiger partial charge >= 0.3 is 6.36 Å². The Kier molecular flexibility index (Phi) is 7.38. The number of anilines is 1. The van der Waals surface area contributed by atoms with Crippen molar-refractivity contribution >= 4 is 21.6 Å². The van der Waals surface area contributed by atoms with Gasteiger partial charge in [-0.1, -0.05) is 13.8 Å². The van der Waals surface area contributed by atoms with Crippen LogP contribution in [0.25, 0.3) is 0 Å². The number of amides is 1. The van der Waals surface area contributed by atoms with Crippen LogP contribution in [-0.2, 0) is 14.8 Å². The van der Waals surface area contributed by atoms with Gasteiger partial charge in [0.15, 0.2) is 11.5 Å². The Morgan fingerprint density at radius 2 is 1.67 bits per heavy atom. The highest BCUT2D eigenvalue weighted by molar-refractivity contribution is 7.89. The van der Waals surface area contributed by atoms with E-state index in [4.69, 9.17) is 9.47 Å². The Hall–Kier alpha value is -2.99. The average molecular weight is 488 g/mol. The smallest absolute Gasteiger partial charge is 0.490 e. The zero-order valence-corrected chi connectivity index (χ0v) is 18.6. The zero-order valence-electron chi connectivity index (χ0n) is 17.8. The second-order valence-electron chi connectivity index (χ2n) is 7.56. The van der Waals surface area contributed by atoms with Crippen molar-refractivity contribution in [3.63, 3.8) is 0 Å². The fourth-order valence-corrected chi connectivity index (χ4v) is 4.36. The molecule has 0 saturated heterocycles. The number of hydrogen-bond acceptors (Lipinski definition) is 6. The minimum atomic E-state index is -4.83. The van der Waals surface area contributed by atoms with Gasteiger partial charge in [0, 0.05) is 18.2 Å². The van der Waals surface area contributed by atoms with Crippen LogP contribution >= 0.6 is 0 Å². The molecule has 1 aliphatic heterocycles. The molecule has 12 heteroatoms. The third kappa shape index (κ3) is 6.75. The molecule has 0 radical (unpaired) electrons. The predicted molar refractivity (Wildman–Crippen MR) is 113 cm³/mol. The monoisotopic (exact) mass is 488 g/mol. The summed E-state index contributed by atoms with van der Waals surface area (Å²) in [5.41, 5.74) is 0.176. The Balaban J connectivity index is 1.73. The highest BCUT2D eigenvalue weighted by Gasteiger charge is 2.31. The third-order valence-corrected chi connectivity index (χ3v) is 6.05. The lowest BCUT2D eigenvalue weighted by Crippen LogP contribution is -2.47. The van der Waals surface area contributed by atoms with E-state index in [0.29, 0.717) is 31.1 Å². The van der Waals surface area contributed by atoms with E-state index in [-0.39, 0.29) is 10.6 Å². The summed E-state index contributed by atoms with van der Waals surface area (Å²) in [6.45, 7) is 4.14. The molecule has 1 aliphatic rings. The summed E-state index contributed by atoms with van der Waals surface area (Å²) in [6, 6.07) is 7.53. The molecule has 3 rings (SSSR count). The van der Waals surface area contributed by atoms with E-state index in [9.17, 15) is 26.4 Å². The number of rotatable bonds is 7. The first kappa shape index (κ1) is 24.6. The van der Waals surface area contributed by atoms with Crippen LogP contribution in [0.3, 0.4) is 0 Å². The summed E-state index contributed by atoms with van der Waals surface area (Å²) in [5, 5.41) is 2.50. The molecular formula is C21H23F3N2O6S. The Bertz CT molecular complexity index is 1090. The van der Waals surface area contributed by atoms with Crippen LogP contribution in [0.15, 0.2) is 47.4 Å². The quantitative estimate of drug-likeness (QED) is 0.616. The summed E-state index contributed by atoms with van der Waals surface area (Å²) in [5.74, 6) is -0.832. The molecule has 1 atom stereocenters. The number of nitrogens with one attached hydrogen (secondary N) is 2. The molecule has 0 aromatic heterocycles. The number of sulfonamides is 1. The van der Waals surface area contributed by atoms with Crippen LogP contribution in [-0.4, -0.2) is 39.9 Å². The average Bonchev–Trinajstić information content (AvgIpc) is 2.97. The summed E-state index contributed by atoms with van der Waals surface area (Å²) in [6.07, 6.45) is -4.17. The van der Waals surface area contributed by atoms with Gasteiger partial charge in [0.1, 0.15) is 11.8 Å². The van der Waals surface area contributed by atoms with Gasteiger partial charge in [-0.2, -0.15) is 4.72 Å². The van der Waals surface area contributed by atoms with Crippen molar-refractivity contribution in [2.24, 2.45) is 5.92 Å². The molecule has 1 amide bonds. The Labute approximate surface area is 189 Å². The summed E-state index contributed by atoms with van der Waals surface area (Å²) in [7, 11) is -4.11. The summed E-state index contributed by atoms with van der Waals surface area (Å²) < 4.78 is 79.9. The fraction of sp³-hybridized carbons (Fsp3) is 0.381. The largest absolute Gasteiger partial charge is 0.573 e. The Morgan fingerprint density at radius 3 is 2.27 bits per heavy atom. The molecule has 180 valence electrons. The lowest BCUT2D eigenvalue weighted by atomic mass is 10.0. The van der Waals surface area contributed by atoms with Gasteiger partial charge in [0.05, 0.1) is 18.1 Å². The fourth-order valence-electron chi connectivity index (χ4n) is 3.00. The maximum Gasteiger partial charge on any atom is 0.573 e. The van der Waals surface area contributed by atoms with Gasteiger partial charge in [-0.05, 0) is 42.3 Å². The number of alkyl halides is 3. The molecule has 0 spiro atoms. The lowest BCUT2D eigenvalue weighted by molar-refractivity contribution is -0.274. The van der Waals surface area contributed by atoms with E-state index >= 15 is 0 Å². The molecule has 2 aromatic carbocycles. The van der Waals surface area contributed by atoms with Crippen molar-refractivity contribution in [1.82, 2.24) is 4.72 Å². The van der Waals surface area contributed by atoms with Crippen molar-refractivity contribution in [1.29, 1.82) is 0 Å². The SMILES string of the molecule is CC(C)C(NS(=O)(=O)c1ccc2c(c1)OCCCO2)C(=O)Nc1ccc(OC(F)(F)F)cc1. The van der Waals surface area contributed by atoms with Gasteiger partial charge in [0.2, 0.25) is 15.9 Å². The van der Waals surface area contributed by atoms with Crippen molar-refractivity contribution < 1.29 is 40.6 Å². The number of fused-ring (bicyclic) bond motifs is 1. The van der Waals surface area contributed by atoms with Crippen molar-refractivity contribution in [3.8, 4) is 17.2 Å². The van der Waals surface area contributed by atoms with Crippen molar-refractivity contribution in [2.75, 3.05) is 18.5 Å². The molecule has 0 aliphatic carbocycles. The van der Waals surface area contributed by atoms with Gasteiger partial charge in [-0.25, -0.2) is 8.42 Å². The number of carbonyl (C=O) groups excluding carboxylic acids is 1. The second-order valence-corrected chi connectivity index (χ2v) is 9.28. The number of hydrogen-bond donors (Lipinski definition) is 2. The predicted octanol–water partition coefficient (Wildman–Crippen LogP) is 3.69. The van der Waals surface area contributed by atoms with Gasteiger partial charge in [-0.15, -0.1) is 13.2 Å². The van der Waals surface area contributed by atoms with Crippen LogP contribution in [0.4, 0.5) is 18.9 Å². The highest BCUT2D eigenvalue weighted by Crippen LogP contribution is 2.32. The molecular weight excluding hydrogens is 465 g/mol. The normalized spacial score (nSPS) is 15.0. The maximum absolute atomic E-state index is 12.9. The van der Waals surface area contributed by atoms with Crippen molar-refractivity contribution in [2.45, 2.75) is 37.6 Å². The summed E-state index contributed by atoms with van der Waals surface area (Å²) >= 11 is 0. The molecule has 1 heterocycles. The third-order valence-electron chi connectivity index (χ3n) is 4.62. The molecule has 0 fully saturated rings. The van der Waals surface area contributed by atoms with E-state index in [0.717, 1.165) is 12.1 Å². The molecule has 1 unspecified atom stereocenters. The molecule has 33 heavy (non-hydrogen) atoms. The zero-order chi connectivity index (χ0) is 24.2. The van der Waals surface area contributed by atoms with E-state index in [1.807, 2.05) is 0 Å². The van der Waals surface area contributed by atoms with Crippen LogP contribution < -0.4 is 24.2 Å².